The highest BCUT2D eigenvalue weighted by molar-refractivity contribution is 5.86. The Balaban J connectivity index is 2.07. The molecular weight excluding hydrogens is 252 g/mol. The summed E-state index contributed by atoms with van der Waals surface area (Å²) in [5.41, 5.74) is 1.48. The number of ether oxygens (including phenoxy) is 1. The molecule has 0 aliphatic heterocycles. The van der Waals surface area contributed by atoms with Crippen molar-refractivity contribution in [3.05, 3.63) is 35.6 Å². The molecule has 1 aromatic heterocycles. The Labute approximate surface area is 118 Å². The van der Waals surface area contributed by atoms with Crippen molar-refractivity contribution in [2.75, 3.05) is 6.61 Å². The molecule has 1 heterocycles. The van der Waals surface area contributed by atoms with Crippen LogP contribution in [0, 0.1) is 6.92 Å². The topological polar surface area (TPSA) is 39.4 Å². The van der Waals surface area contributed by atoms with Crippen molar-refractivity contribution in [3.63, 3.8) is 0 Å². The van der Waals surface area contributed by atoms with Crippen molar-refractivity contribution >= 4 is 16.9 Å². The lowest BCUT2D eigenvalue weighted by molar-refractivity contribution is -0.150. The number of hydrogen-bond donors (Lipinski definition) is 0. The van der Waals surface area contributed by atoms with E-state index in [0.717, 1.165) is 42.4 Å². The average molecular weight is 272 g/mol. The molecule has 1 aliphatic carbocycles. The maximum absolute atomic E-state index is 12.4. The molecular formula is C17H20O3. The van der Waals surface area contributed by atoms with Crippen LogP contribution in [0.1, 0.15) is 43.9 Å². The Hall–Kier alpha value is -1.77. The molecule has 106 valence electrons. The standard InChI is InChI=1S/C17H20O3/c1-3-19-16(18)17(8-4-5-9-17)15-11-13-10-12(2)6-7-14(13)20-15/h6-7,10-11H,3-5,8-9H2,1-2H3. The number of carbonyl (C=O) groups is 1. The van der Waals surface area contributed by atoms with Crippen LogP contribution in [0.4, 0.5) is 0 Å². The van der Waals surface area contributed by atoms with Crippen LogP contribution >= 0.6 is 0 Å². The summed E-state index contributed by atoms with van der Waals surface area (Å²) in [5.74, 6) is 0.641. The van der Waals surface area contributed by atoms with E-state index in [-0.39, 0.29) is 5.97 Å². The Bertz CT molecular complexity index is 633. The Morgan fingerprint density at radius 3 is 2.75 bits per heavy atom. The van der Waals surface area contributed by atoms with Crippen LogP contribution in [0.2, 0.25) is 0 Å². The smallest absolute Gasteiger partial charge is 0.319 e. The average Bonchev–Trinajstić information content (AvgIpc) is 3.05. The molecule has 0 N–H and O–H groups in total. The van der Waals surface area contributed by atoms with Crippen LogP contribution < -0.4 is 0 Å². The van der Waals surface area contributed by atoms with Crippen LogP contribution in [-0.4, -0.2) is 12.6 Å². The molecule has 0 saturated heterocycles. The molecule has 0 bridgehead atoms. The van der Waals surface area contributed by atoms with Gasteiger partial charge in [0.15, 0.2) is 0 Å². The van der Waals surface area contributed by atoms with Gasteiger partial charge in [-0.2, -0.15) is 0 Å². The van der Waals surface area contributed by atoms with Crippen molar-refractivity contribution in [1.82, 2.24) is 0 Å². The van der Waals surface area contributed by atoms with Crippen molar-refractivity contribution in [2.45, 2.75) is 44.9 Å². The molecule has 0 radical (unpaired) electrons. The lowest BCUT2D eigenvalue weighted by atomic mass is 9.83. The second kappa shape index (κ2) is 4.97. The highest BCUT2D eigenvalue weighted by Gasteiger charge is 2.46. The van der Waals surface area contributed by atoms with Crippen LogP contribution in [0.5, 0.6) is 0 Å². The Kier molecular flexibility index (Phi) is 3.28. The molecule has 20 heavy (non-hydrogen) atoms. The minimum atomic E-state index is -0.567. The fourth-order valence-electron chi connectivity index (χ4n) is 3.20. The van der Waals surface area contributed by atoms with Crippen LogP contribution in [0.25, 0.3) is 11.0 Å². The van der Waals surface area contributed by atoms with Gasteiger partial charge in [0.2, 0.25) is 0 Å². The third kappa shape index (κ3) is 2.01. The molecule has 1 saturated carbocycles. The van der Waals surface area contributed by atoms with E-state index in [1.54, 1.807) is 0 Å². The summed E-state index contributed by atoms with van der Waals surface area (Å²) in [5, 5.41) is 1.07. The Morgan fingerprint density at radius 1 is 1.30 bits per heavy atom. The van der Waals surface area contributed by atoms with Gasteiger partial charge >= 0.3 is 5.97 Å². The first-order chi connectivity index (χ1) is 9.65. The number of carbonyl (C=O) groups excluding carboxylic acids is 1. The van der Waals surface area contributed by atoms with Gasteiger partial charge in [-0.1, -0.05) is 24.5 Å². The number of benzene rings is 1. The highest BCUT2D eigenvalue weighted by Crippen LogP contribution is 2.44. The van der Waals surface area contributed by atoms with Crippen molar-refractivity contribution < 1.29 is 13.9 Å². The van der Waals surface area contributed by atoms with Gasteiger partial charge in [-0.3, -0.25) is 4.79 Å². The van der Waals surface area contributed by atoms with Crippen molar-refractivity contribution in [2.24, 2.45) is 0 Å². The molecule has 3 rings (SSSR count). The fourth-order valence-corrected chi connectivity index (χ4v) is 3.20. The SMILES string of the molecule is CCOC(=O)C1(c2cc3cc(C)ccc3o2)CCCC1. The van der Waals surface area contributed by atoms with Gasteiger partial charge in [-0.05, 0) is 44.9 Å². The van der Waals surface area contributed by atoms with Crippen LogP contribution in [0.3, 0.4) is 0 Å². The zero-order chi connectivity index (χ0) is 14.2. The quantitative estimate of drug-likeness (QED) is 0.789. The molecule has 1 fully saturated rings. The number of fused-ring (bicyclic) bond motifs is 1. The molecule has 0 spiro atoms. The van der Waals surface area contributed by atoms with Gasteiger partial charge in [0, 0.05) is 5.39 Å². The van der Waals surface area contributed by atoms with Gasteiger partial charge in [-0.25, -0.2) is 0 Å². The van der Waals surface area contributed by atoms with E-state index in [4.69, 9.17) is 9.15 Å². The highest BCUT2D eigenvalue weighted by atomic mass is 16.5. The number of furan rings is 1. The summed E-state index contributed by atoms with van der Waals surface area (Å²) in [7, 11) is 0. The van der Waals surface area contributed by atoms with E-state index < -0.39 is 5.41 Å². The van der Waals surface area contributed by atoms with Gasteiger partial charge in [-0.15, -0.1) is 0 Å². The normalized spacial score (nSPS) is 17.5. The van der Waals surface area contributed by atoms with E-state index >= 15 is 0 Å². The van der Waals surface area contributed by atoms with E-state index in [1.165, 1.54) is 5.56 Å². The third-order valence-electron chi connectivity index (χ3n) is 4.27. The number of hydrogen-bond acceptors (Lipinski definition) is 3. The largest absolute Gasteiger partial charge is 0.465 e. The zero-order valence-corrected chi connectivity index (χ0v) is 12.1. The molecule has 1 aromatic carbocycles. The maximum Gasteiger partial charge on any atom is 0.319 e. The van der Waals surface area contributed by atoms with Crippen molar-refractivity contribution in [3.8, 4) is 0 Å². The fraction of sp³-hybridized carbons (Fsp3) is 0.471. The van der Waals surface area contributed by atoms with E-state index in [2.05, 4.69) is 13.0 Å². The number of aryl methyl sites for hydroxylation is 1. The second-order valence-corrected chi connectivity index (χ2v) is 5.66. The first kappa shape index (κ1) is 13.2. The molecule has 3 nitrogen and oxygen atoms in total. The number of rotatable bonds is 3. The minimum Gasteiger partial charge on any atom is -0.465 e. The van der Waals surface area contributed by atoms with Crippen LogP contribution in [0.15, 0.2) is 28.7 Å². The maximum atomic E-state index is 12.4. The zero-order valence-electron chi connectivity index (χ0n) is 12.1. The van der Waals surface area contributed by atoms with E-state index in [0.29, 0.717) is 6.61 Å². The molecule has 0 atom stereocenters. The summed E-state index contributed by atoms with van der Waals surface area (Å²) in [6, 6.07) is 8.12. The molecule has 0 unspecified atom stereocenters. The van der Waals surface area contributed by atoms with Gasteiger partial charge in [0.25, 0.3) is 0 Å². The monoisotopic (exact) mass is 272 g/mol. The predicted molar refractivity (Wildman–Crippen MR) is 77.7 cm³/mol. The van der Waals surface area contributed by atoms with Crippen molar-refractivity contribution in [1.29, 1.82) is 0 Å². The first-order valence-corrected chi connectivity index (χ1v) is 7.33. The summed E-state index contributed by atoms with van der Waals surface area (Å²) in [6.07, 6.45) is 3.75. The van der Waals surface area contributed by atoms with Gasteiger partial charge in [0.05, 0.1) is 6.61 Å². The molecule has 3 heteroatoms. The summed E-state index contributed by atoms with van der Waals surface area (Å²) >= 11 is 0. The van der Waals surface area contributed by atoms with Gasteiger partial charge in [0.1, 0.15) is 16.8 Å². The lowest BCUT2D eigenvalue weighted by Crippen LogP contribution is -2.34. The molecule has 1 aliphatic rings. The summed E-state index contributed by atoms with van der Waals surface area (Å²) in [6.45, 7) is 4.32. The van der Waals surface area contributed by atoms with E-state index in [9.17, 15) is 4.79 Å². The summed E-state index contributed by atoms with van der Waals surface area (Å²) < 4.78 is 11.3. The molecule has 0 amide bonds. The second-order valence-electron chi connectivity index (χ2n) is 5.66. The predicted octanol–water partition coefficient (Wildman–Crippen LogP) is 4.12. The lowest BCUT2D eigenvalue weighted by Gasteiger charge is -2.23. The first-order valence-electron chi connectivity index (χ1n) is 7.33. The molecule has 2 aromatic rings. The third-order valence-corrected chi connectivity index (χ3v) is 4.27. The van der Waals surface area contributed by atoms with Crippen LogP contribution in [-0.2, 0) is 14.9 Å². The minimum absolute atomic E-state index is 0.131. The van der Waals surface area contributed by atoms with Gasteiger partial charge < -0.3 is 9.15 Å². The summed E-state index contributed by atoms with van der Waals surface area (Å²) in [4.78, 5) is 12.4. The Morgan fingerprint density at radius 2 is 2.05 bits per heavy atom. The van der Waals surface area contributed by atoms with E-state index in [1.807, 2.05) is 25.1 Å². The number of esters is 1.